The highest BCUT2D eigenvalue weighted by Crippen LogP contribution is 2.21. The molecule has 1 fully saturated rings. The van der Waals surface area contributed by atoms with Gasteiger partial charge in [-0.05, 0) is 50.8 Å². The molecule has 5 heteroatoms. The predicted octanol–water partition coefficient (Wildman–Crippen LogP) is 3.16. The number of nitrogens with zero attached hydrogens (tertiary/aromatic N) is 1. The van der Waals surface area contributed by atoms with Gasteiger partial charge in [-0.15, -0.1) is 11.3 Å². The van der Waals surface area contributed by atoms with E-state index in [9.17, 15) is 4.79 Å². The second kappa shape index (κ2) is 8.40. The molecule has 1 aromatic carbocycles. The van der Waals surface area contributed by atoms with Gasteiger partial charge in [0.15, 0.2) is 0 Å². The minimum atomic E-state index is 0.0214. The summed E-state index contributed by atoms with van der Waals surface area (Å²) in [5, 5.41) is 7.49. The fraction of sp³-hybridized carbons (Fsp3) is 0.474. The number of hydrogen-bond donors (Lipinski definition) is 2. The molecule has 2 N–H and O–H groups in total. The van der Waals surface area contributed by atoms with Crippen LogP contribution in [0.3, 0.4) is 0 Å². The van der Waals surface area contributed by atoms with Crippen LogP contribution in [0.15, 0.2) is 30.3 Å². The number of aromatic nitrogens is 1. The quantitative estimate of drug-likeness (QED) is 0.847. The van der Waals surface area contributed by atoms with E-state index in [4.69, 9.17) is 0 Å². The lowest BCUT2D eigenvalue weighted by molar-refractivity contribution is 0.0954. The number of rotatable bonds is 6. The number of carbonyl (C=O) groups is 1. The van der Waals surface area contributed by atoms with Crippen LogP contribution in [0.25, 0.3) is 0 Å². The molecule has 2 aromatic rings. The molecule has 4 nitrogen and oxygen atoms in total. The van der Waals surface area contributed by atoms with Crippen molar-refractivity contribution in [1.29, 1.82) is 0 Å². The number of amides is 1. The van der Waals surface area contributed by atoms with Crippen molar-refractivity contribution in [1.82, 2.24) is 15.6 Å². The Bertz CT molecular complexity index is 663. The Kier molecular flexibility index (Phi) is 5.99. The number of benzene rings is 1. The molecule has 0 spiro atoms. The highest BCUT2D eigenvalue weighted by molar-refractivity contribution is 7.13. The molecule has 1 amide bonds. The van der Waals surface area contributed by atoms with Crippen molar-refractivity contribution in [2.45, 2.75) is 32.6 Å². The summed E-state index contributed by atoms with van der Waals surface area (Å²) in [6.45, 7) is 4.88. The average molecular weight is 343 g/mol. The summed E-state index contributed by atoms with van der Waals surface area (Å²) in [6.07, 6.45) is 4.35. The van der Waals surface area contributed by atoms with Gasteiger partial charge >= 0.3 is 0 Å². The third kappa shape index (κ3) is 4.65. The third-order valence-corrected chi connectivity index (χ3v) is 5.64. The van der Waals surface area contributed by atoms with E-state index in [-0.39, 0.29) is 5.91 Å². The Morgan fingerprint density at radius 2 is 2.21 bits per heavy atom. The molecule has 24 heavy (non-hydrogen) atoms. The van der Waals surface area contributed by atoms with E-state index in [1.165, 1.54) is 29.7 Å². The van der Waals surface area contributed by atoms with Gasteiger partial charge in [0.2, 0.25) is 0 Å². The Morgan fingerprint density at radius 1 is 1.38 bits per heavy atom. The van der Waals surface area contributed by atoms with Crippen LogP contribution in [-0.2, 0) is 6.42 Å². The first kappa shape index (κ1) is 17.1. The van der Waals surface area contributed by atoms with E-state index < -0.39 is 0 Å². The molecule has 1 aliphatic heterocycles. The number of nitrogens with one attached hydrogen (secondary N) is 2. The normalized spacial score (nSPS) is 17.6. The molecule has 0 aliphatic carbocycles. The summed E-state index contributed by atoms with van der Waals surface area (Å²) in [4.78, 5) is 17.7. The van der Waals surface area contributed by atoms with Gasteiger partial charge in [-0.25, -0.2) is 4.98 Å². The Balaban J connectivity index is 1.53. The van der Waals surface area contributed by atoms with Gasteiger partial charge in [-0.2, -0.15) is 0 Å². The average Bonchev–Trinajstić information content (AvgIpc) is 2.97. The molecule has 3 rings (SSSR count). The van der Waals surface area contributed by atoms with Crippen molar-refractivity contribution in [3.63, 3.8) is 0 Å². The van der Waals surface area contributed by atoms with Gasteiger partial charge < -0.3 is 10.6 Å². The van der Waals surface area contributed by atoms with E-state index in [0.717, 1.165) is 48.1 Å². The second-order valence-electron chi connectivity index (χ2n) is 6.44. The summed E-state index contributed by atoms with van der Waals surface area (Å²) < 4.78 is 0. The van der Waals surface area contributed by atoms with Crippen LogP contribution in [0.4, 0.5) is 0 Å². The number of aryl methyl sites for hydroxylation is 1. The largest absolute Gasteiger partial charge is 0.351 e. The zero-order valence-corrected chi connectivity index (χ0v) is 15.0. The number of piperidine rings is 1. The maximum absolute atomic E-state index is 12.4. The summed E-state index contributed by atoms with van der Waals surface area (Å²) in [7, 11) is 0. The Morgan fingerprint density at radius 3 is 2.96 bits per heavy atom. The highest BCUT2D eigenvalue weighted by atomic mass is 32.1. The van der Waals surface area contributed by atoms with Crippen LogP contribution in [0.1, 0.15) is 45.2 Å². The molecule has 0 saturated carbocycles. The van der Waals surface area contributed by atoms with Gasteiger partial charge in [0.05, 0.1) is 10.7 Å². The van der Waals surface area contributed by atoms with E-state index in [1.807, 2.05) is 25.1 Å². The monoisotopic (exact) mass is 343 g/mol. The standard InChI is InChI=1S/C19H25N3OS/c1-14-18(19(23)21-11-9-16-8-5-10-20-13-16)24-17(22-14)12-15-6-3-2-4-7-15/h2-4,6-7,16,20H,5,8-13H2,1H3,(H,21,23). The predicted molar refractivity (Wildman–Crippen MR) is 98.6 cm³/mol. The fourth-order valence-electron chi connectivity index (χ4n) is 3.15. The van der Waals surface area contributed by atoms with Gasteiger partial charge in [0, 0.05) is 13.0 Å². The Labute approximate surface area is 147 Å². The molecule has 0 bridgehead atoms. The molecule has 1 aromatic heterocycles. The second-order valence-corrected chi connectivity index (χ2v) is 7.53. The van der Waals surface area contributed by atoms with Crippen LogP contribution >= 0.6 is 11.3 Å². The molecular weight excluding hydrogens is 318 g/mol. The molecule has 128 valence electrons. The topological polar surface area (TPSA) is 54.0 Å². The highest BCUT2D eigenvalue weighted by Gasteiger charge is 2.17. The van der Waals surface area contributed by atoms with Crippen LogP contribution in [-0.4, -0.2) is 30.5 Å². The van der Waals surface area contributed by atoms with Crippen molar-refractivity contribution in [2.75, 3.05) is 19.6 Å². The molecule has 1 aliphatic rings. The van der Waals surface area contributed by atoms with Crippen LogP contribution < -0.4 is 10.6 Å². The van der Waals surface area contributed by atoms with Crippen molar-refractivity contribution in [2.24, 2.45) is 5.92 Å². The lowest BCUT2D eigenvalue weighted by Gasteiger charge is -2.22. The maximum atomic E-state index is 12.4. The Hall–Kier alpha value is -1.72. The van der Waals surface area contributed by atoms with Crippen LogP contribution in [0.5, 0.6) is 0 Å². The van der Waals surface area contributed by atoms with Crippen molar-refractivity contribution in [3.8, 4) is 0 Å². The van der Waals surface area contributed by atoms with E-state index in [2.05, 4.69) is 27.8 Å². The fourth-order valence-corrected chi connectivity index (χ4v) is 4.16. The van der Waals surface area contributed by atoms with Gasteiger partial charge in [-0.3, -0.25) is 4.79 Å². The SMILES string of the molecule is Cc1nc(Cc2ccccc2)sc1C(=O)NCCC1CCCNC1. The maximum Gasteiger partial charge on any atom is 0.263 e. The zero-order valence-electron chi connectivity index (χ0n) is 14.2. The summed E-state index contributed by atoms with van der Waals surface area (Å²) in [6, 6.07) is 10.3. The first-order chi connectivity index (χ1) is 11.7. The molecular formula is C19H25N3OS. The van der Waals surface area contributed by atoms with Gasteiger partial charge in [0.1, 0.15) is 4.88 Å². The van der Waals surface area contributed by atoms with Crippen LogP contribution in [0, 0.1) is 12.8 Å². The van der Waals surface area contributed by atoms with E-state index in [1.54, 1.807) is 0 Å². The number of hydrogen-bond acceptors (Lipinski definition) is 4. The van der Waals surface area contributed by atoms with Crippen molar-refractivity contribution in [3.05, 3.63) is 51.5 Å². The smallest absolute Gasteiger partial charge is 0.263 e. The molecule has 1 unspecified atom stereocenters. The lowest BCUT2D eigenvalue weighted by atomic mass is 9.96. The minimum absolute atomic E-state index is 0.0214. The molecule has 0 radical (unpaired) electrons. The summed E-state index contributed by atoms with van der Waals surface area (Å²) >= 11 is 1.51. The molecule has 1 saturated heterocycles. The van der Waals surface area contributed by atoms with Crippen molar-refractivity contribution < 1.29 is 4.79 Å². The van der Waals surface area contributed by atoms with Crippen LogP contribution in [0.2, 0.25) is 0 Å². The summed E-state index contributed by atoms with van der Waals surface area (Å²) in [5.41, 5.74) is 2.06. The van der Waals surface area contributed by atoms with Gasteiger partial charge in [-0.1, -0.05) is 30.3 Å². The molecule has 2 heterocycles. The van der Waals surface area contributed by atoms with E-state index in [0.29, 0.717) is 5.92 Å². The van der Waals surface area contributed by atoms with Crippen molar-refractivity contribution >= 4 is 17.2 Å². The zero-order chi connectivity index (χ0) is 16.8. The van der Waals surface area contributed by atoms with E-state index >= 15 is 0 Å². The first-order valence-electron chi connectivity index (χ1n) is 8.71. The number of carbonyl (C=O) groups excluding carboxylic acids is 1. The first-order valence-corrected chi connectivity index (χ1v) is 9.53. The lowest BCUT2D eigenvalue weighted by Crippen LogP contribution is -2.33. The third-order valence-electron chi connectivity index (χ3n) is 4.48. The van der Waals surface area contributed by atoms with Gasteiger partial charge in [0.25, 0.3) is 5.91 Å². The summed E-state index contributed by atoms with van der Waals surface area (Å²) in [5.74, 6) is 0.711. The molecule has 1 atom stereocenters. The number of thiazole rings is 1. The minimum Gasteiger partial charge on any atom is -0.351 e.